The molecular weight excluding hydrogens is 345 g/mol. The van der Waals surface area contributed by atoms with Crippen molar-refractivity contribution in [2.24, 2.45) is 0 Å². The molecular formula is C17H22FN3O3S. The third-order valence-corrected chi connectivity index (χ3v) is 6.50. The number of rotatable bonds is 6. The van der Waals surface area contributed by atoms with E-state index in [4.69, 9.17) is 4.52 Å². The van der Waals surface area contributed by atoms with Crippen LogP contribution >= 0.6 is 0 Å². The van der Waals surface area contributed by atoms with Gasteiger partial charge in [0.1, 0.15) is 0 Å². The Kier molecular flexibility index (Phi) is 5.19. The van der Waals surface area contributed by atoms with Crippen molar-refractivity contribution in [2.45, 2.75) is 38.3 Å². The second-order valence-electron chi connectivity index (χ2n) is 6.36. The smallest absolute Gasteiger partial charge is 0.264 e. The zero-order chi connectivity index (χ0) is 17.9. The fourth-order valence-electron chi connectivity index (χ4n) is 3.01. The van der Waals surface area contributed by atoms with Gasteiger partial charge in [0, 0.05) is 32.4 Å². The first-order valence-corrected chi connectivity index (χ1v) is 10.1. The monoisotopic (exact) mass is 367 g/mol. The standard InChI is InChI=1S/C17H22FN3O3S/c1-2-12-25(22,23)21-10-8-17(18,9-11-21)16-19-15(20-24-16)13-14-6-4-3-5-7-14/h3-7H,2,8-13H2,1H3. The Hall–Kier alpha value is -1.80. The highest BCUT2D eigenvalue weighted by Crippen LogP contribution is 2.36. The maximum atomic E-state index is 15.2. The van der Waals surface area contributed by atoms with Gasteiger partial charge in [-0.3, -0.25) is 0 Å². The first-order chi connectivity index (χ1) is 11.9. The number of sulfonamides is 1. The molecule has 25 heavy (non-hydrogen) atoms. The molecule has 0 aliphatic carbocycles. The molecule has 1 fully saturated rings. The van der Waals surface area contributed by atoms with E-state index in [1.807, 2.05) is 37.3 Å². The van der Waals surface area contributed by atoms with Crippen molar-refractivity contribution in [1.82, 2.24) is 14.4 Å². The lowest BCUT2D eigenvalue weighted by Gasteiger charge is -2.33. The molecule has 8 heteroatoms. The van der Waals surface area contributed by atoms with Gasteiger partial charge in [0.2, 0.25) is 10.0 Å². The van der Waals surface area contributed by atoms with Crippen LogP contribution < -0.4 is 0 Å². The number of aromatic nitrogens is 2. The summed E-state index contributed by atoms with van der Waals surface area (Å²) in [6.07, 6.45) is 1.08. The summed E-state index contributed by atoms with van der Waals surface area (Å²) in [7, 11) is -3.30. The molecule has 2 heterocycles. The Morgan fingerprint density at radius 1 is 1.24 bits per heavy atom. The summed E-state index contributed by atoms with van der Waals surface area (Å²) < 4.78 is 45.9. The summed E-state index contributed by atoms with van der Waals surface area (Å²) in [6.45, 7) is 2.08. The molecule has 0 spiro atoms. The second kappa shape index (κ2) is 7.21. The van der Waals surface area contributed by atoms with Gasteiger partial charge in [0.25, 0.3) is 5.89 Å². The van der Waals surface area contributed by atoms with Gasteiger partial charge in [-0.1, -0.05) is 42.4 Å². The van der Waals surface area contributed by atoms with Crippen LogP contribution in [-0.4, -0.2) is 41.7 Å². The fraction of sp³-hybridized carbons (Fsp3) is 0.529. The number of piperidine rings is 1. The molecule has 2 aromatic rings. The van der Waals surface area contributed by atoms with Gasteiger partial charge in [-0.15, -0.1) is 0 Å². The van der Waals surface area contributed by atoms with Crippen molar-refractivity contribution in [2.75, 3.05) is 18.8 Å². The lowest BCUT2D eigenvalue weighted by Crippen LogP contribution is -2.44. The van der Waals surface area contributed by atoms with Gasteiger partial charge in [-0.25, -0.2) is 17.1 Å². The molecule has 1 aliphatic rings. The molecule has 0 atom stereocenters. The number of alkyl halides is 1. The second-order valence-corrected chi connectivity index (χ2v) is 8.45. The number of halogens is 1. The van der Waals surface area contributed by atoms with Crippen LogP contribution in [0.15, 0.2) is 34.9 Å². The predicted octanol–water partition coefficient (Wildman–Crippen LogP) is 2.66. The maximum absolute atomic E-state index is 15.2. The Balaban J connectivity index is 1.67. The summed E-state index contributed by atoms with van der Waals surface area (Å²) in [4.78, 5) is 4.20. The molecule has 0 amide bonds. The molecule has 6 nitrogen and oxygen atoms in total. The molecule has 1 saturated heterocycles. The van der Waals surface area contributed by atoms with Crippen molar-refractivity contribution in [1.29, 1.82) is 0 Å². The minimum Gasteiger partial charge on any atom is -0.336 e. The van der Waals surface area contributed by atoms with Crippen LogP contribution in [0.3, 0.4) is 0 Å². The van der Waals surface area contributed by atoms with Gasteiger partial charge >= 0.3 is 0 Å². The molecule has 0 bridgehead atoms. The average molecular weight is 367 g/mol. The van der Waals surface area contributed by atoms with Crippen LogP contribution in [-0.2, 0) is 22.1 Å². The van der Waals surface area contributed by atoms with E-state index in [1.165, 1.54) is 4.31 Å². The molecule has 136 valence electrons. The molecule has 0 saturated carbocycles. The highest BCUT2D eigenvalue weighted by molar-refractivity contribution is 7.89. The van der Waals surface area contributed by atoms with Crippen molar-refractivity contribution < 1.29 is 17.3 Å². The quantitative estimate of drug-likeness (QED) is 0.784. The molecule has 3 rings (SSSR count). The predicted molar refractivity (Wildman–Crippen MR) is 91.2 cm³/mol. The van der Waals surface area contributed by atoms with E-state index in [9.17, 15) is 8.42 Å². The van der Waals surface area contributed by atoms with E-state index < -0.39 is 15.7 Å². The normalized spacial score (nSPS) is 18.3. The summed E-state index contributed by atoms with van der Waals surface area (Å²) in [6, 6.07) is 9.64. The lowest BCUT2D eigenvalue weighted by molar-refractivity contribution is 0.0511. The van der Waals surface area contributed by atoms with E-state index in [2.05, 4.69) is 10.1 Å². The molecule has 1 aromatic heterocycles. The van der Waals surface area contributed by atoms with Crippen LogP contribution in [0, 0.1) is 0 Å². The Labute approximate surface area is 147 Å². The van der Waals surface area contributed by atoms with E-state index in [0.29, 0.717) is 18.7 Å². The first kappa shape index (κ1) is 18.0. The Morgan fingerprint density at radius 3 is 2.56 bits per heavy atom. The van der Waals surface area contributed by atoms with E-state index >= 15 is 4.39 Å². The van der Waals surface area contributed by atoms with E-state index in [1.54, 1.807) is 0 Å². The minimum atomic E-state index is -3.30. The van der Waals surface area contributed by atoms with Crippen LogP contribution in [0.2, 0.25) is 0 Å². The fourth-order valence-corrected chi connectivity index (χ4v) is 4.52. The highest BCUT2D eigenvalue weighted by atomic mass is 32.2. The molecule has 1 aromatic carbocycles. The van der Waals surface area contributed by atoms with Gasteiger partial charge in [-0.2, -0.15) is 4.98 Å². The largest absolute Gasteiger partial charge is 0.336 e. The van der Waals surface area contributed by atoms with Crippen molar-refractivity contribution in [3.8, 4) is 0 Å². The van der Waals surface area contributed by atoms with Gasteiger partial charge in [0.15, 0.2) is 11.5 Å². The molecule has 0 N–H and O–H groups in total. The number of benzene rings is 1. The Bertz CT molecular complexity index is 800. The molecule has 0 unspecified atom stereocenters. The van der Waals surface area contributed by atoms with Crippen LogP contribution in [0.1, 0.15) is 43.5 Å². The summed E-state index contributed by atoms with van der Waals surface area (Å²) in [5.74, 6) is 0.471. The maximum Gasteiger partial charge on any atom is 0.264 e. The Morgan fingerprint density at radius 2 is 1.92 bits per heavy atom. The summed E-state index contributed by atoms with van der Waals surface area (Å²) in [5, 5.41) is 3.87. The van der Waals surface area contributed by atoms with Crippen LogP contribution in [0.4, 0.5) is 4.39 Å². The third kappa shape index (κ3) is 4.07. The number of hydrogen-bond donors (Lipinski definition) is 0. The van der Waals surface area contributed by atoms with Crippen molar-refractivity contribution >= 4 is 10.0 Å². The summed E-state index contributed by atoms with van der Waals surface area (Å²) >= 11 is 0. The SMILES string of the molecule is CCCS(=O)(=O)N1CCC(F)(c2nc(Cc3ccccc3)no2)CC1. The van der Waals surface area contributed by atoms with E-state index in [-0.39, 0.29) is 37.6 Å². The van der Waals surface area contributed by atoms with Gasteiger partial charge in [0.05, 0.1) is 5.75 Å². The number of nitrogens with zero attached hydrogens (tertiary/aromatic N) is 3. The van der Waals surface area contributed by atoms with E-state index in [0.717, 1.165) is 5.56 Å². The first-order valence-electron chi connectivity index (χ1n) is 8.47. The zero-order valence-corrected chi connectivity index (χ0v) is 15.0. The molecule has 0 radical (unpaired) electrons. The summed E-state index contributed by atoms with van der Waals surface area (Å²) in [5.41, 5.74) is -0.747. The lowest BCUT2D eigenvalue weighted by atomic mass is 9.94. The van der Waals surface area contributed by atoms with Crippen LogP contribution in [0.5, 0.6) is 0 Å². The minimum absolute atomic E-state index is 0.0307. The zero-order valence-electron chi connectivity index (χ0n) is 14.2. The van der Waals surface area contributed by atoms with Gasteiger partial charge in [-0.05, 0) is 12.0 Å². The molecule has 1 aliphatic heterocycles. The van der Waals surface area contributed by atoms with Crippen molar-refractivity contribution in [3.63, 3.8) is 0 Å². The van der Waals surface area contributed by atoms with Crippen molar-refractivity contribution in [3.05, 3.63) is 47.6 Å². The highest BCUT2D eigenvalue weighted by Gasteiger charge is 2.43. The third-order valence-electron chi connectivity index (χ3n) is 4.43. The topological polar surface area (TPSA) is 76.3 Å². The van der Waals surface area contributed by atoms with Crippen LogP contribution in [0.25, 0.3) is 0 Å². The van der Waals surface area contributed by atoms with Gasteiger partial charge < -0.3 is 4.52 Å². The number of hydrogen-bond acceptors (Lipinski definition) is 5. The average Bonchev–Trinajstić information content (AvgIpc) is 3.05.